The Kier molecular flexibility index (Phi) is 40.2. The molecule has 19 rings (SSSR count). The summed E-state index contributed by atoms with van der Waals surface area (Å²) >= 11 is 23.4. The van der Waals surface area contributed by atoms with Crippen molar-refractivity contribution in [1.29, 1.82) is 0 Å². The van der Waals surface area contributed by atoms with Crippen LogP contribution in [0.4, 0.5) is 22.7 Å². The molecule has 0 aliphatic carbocycles. The first kappa shape index (κ1) is 116. The van der Waals surface area contributed by atoms with Crippen LogP contribution in [0.25, 0.3) is 138 Å². The van der Waals surface area contributed by atoms with E-state index in [2.05, 4.69) is 125 Å². The summed E-state index contributed by atoms with van der Waals surface area (Å²) in [5.41, 5.74) is 39.3. The maximum absolute atomic E-state index is 12.2. The Bertz CT molecular complexity index is 8270. The fourth-order valence-corrected chi connectivity index (χ4v) is 15.9. The van der Waals surface area contributed by atoms with Crippen molar-refractivity contribution in [2.45, 2.75) is 138 Å². The molecule has 50 heteroatoms. The largest absolute Gasteiger partial charge is 0.696 e. The van der Waals surface area contributed by atoms with Gasteiger partial charge in [-0.3, -0.25) is 58.7 Å². The number of hydrogen-bond acceptors (Lipinski definition) is 30. The molecule has 19 aromatic rings. The molecule has 11 N–H and O–H groups in total. The smallest absolute Gasteiger partial charge is 0.494 e. The molecule has 0 bridgehead atoms. The van der Waals surface area contributed by atoms with Gasteiger partial charge in [0.25, 0.3) is 10.5 Å². The van der Waals surface area contributed by atoms with Gasteiger partial charge in [0.05, 0.1) is 83.2 Å². The second kappa shape index (κ2) is 49.9. The molecule has 13 heterocycles. The van der Waals surface area contributed by atoms with Crippen LogP contribution in [0.3, 0.4) is 0 Å². The van der Waals surface area contributed by atoms with Crippen molar-refractivity contribution < 1.29 is 137 Å². The Hall–Kier alpha value is -13.2. The molecule has 0 amide bonds. The number of aliphatic carboxylic acids is 1. The van der Waals surface area contributed by atoms with Crippen LogP contribution in [-0.4, -0.2) is 114 Å². The molecule has 0 spiro atoms. The van der Waals surface area contributed by atoms with Gasteiger partial charge < -0.3 is 83.9 Å². The number of nitrogens with one attached hydrogen (secondary N) is 5. The standard InChI is InChI=1S/C16H14N4O2.C15H12ClN3O3.C15H15N4O.C15H13N3O4.C15H14N2O2.C10H8BrNO.C5H8BNO3.C3H6O2.Cl3OP.HNO3.2Y/c1-7-4-11-12(17-6-13-15(11)19-16(21)18-13)5-10(7)14-8(2)20-22-9(14)3;1-7-4-11-12(17-6-13(15(11)16)19(20)21)5-10(7)14-8(2)18-22-9(14)3;1-7-4-11-13(18-6-12(16)15(11)17)5-10(7)14-8(2)19-20-9(14)3;1-7-4-11-12(16-6-13(15(11)19)18(20)21)5-10(7)14-8(2)17-22-9(14)3;1-8-6-12-13(16-5-4-14(12)18)7-11(8)15-9(2)17-19-10(15)3;1-6-4-7-9(5-8(6)11)12-3-2-10(7)13;1-3-5(6(8)9)4(2)10-7-3;1-2-3(4)5;1-5(2,3)4;2-1(3)4;;/h4-6H,1-3H3,(H2,17,18,19,21);4-6H,1-3H3;4-6H,16H2,1-3H3,(H-,17,18);4-6H,1-3H3,(H,16,19);4-7H,1-3H3,(H,16,18);2-5H,1H3,(H,12,13);8-9H,1-2H3;2H2,1H3,(H,4,5);;(H,2,3,4);;/q;;-1;;;;;;;;;/p-1. The molecule has 2 radical (unpaired) electrons. The average Bonchev–Trinajstić information content (AvgIpc) is 1.64. The fraction of sp³-hybridized carbons (Fsp3) is 0.213. The minimum atomic E-state index is -3.22. The number of benzene rings is 6. The molecular weight excluding hydrogens is 2190 g/mol. The third-order valence-corrected chi connectivity index (χ3v) is 23.2. The van der Waals surface area contributed by atoms with Gasteiger partial charge in [-0.1, -0.05) is 71.5 Å². The first-order valence-electron chi connectivity index (χ1n) is 42.2. The molecule has 0 saturated heterocycles. The van der Waals surface area contributed by atoms with Crippen LogP contribution < -0.4 is 38.2 Å². The molecule has 0 atom stereocenters. The molecule has 744 valence electrons. The SMILES string of the molecule is CCC(=O)O.Cc1cc2c(=O)c([N+](=O)[O-])c[nH]c2cc1-c1c(C)noc1C.Cc1cc2c(=O)cc[nH]c2cc1-c1c(C)noc1C.Cc1cc2c(=O)cc[nH]c2cc1Br.Cc1cc2c(Cl)c([N+](=O)[O-])cnc2cc1-c1c(C)noc1C.Cc1cc2c([NH-])c(N)cnc2cc1-c1c(C)noc1C.Cc1cc2c(cc1-c1c(C)noc1C)ncc1[nH]c(=O)[n-]c12.Cc1noc(C)c1B(O)O.O=P(Cl)(Cl)Cl.O=[N+]([O-])O.[Y].[Y]. The second-order valence-corrected chi connectivity index (χ2v) is 39.8. The van der Waals surface area contributed by atoms with Crippen molar-refractivity contribution in [1.82, 2.24) is 70.8 Å². The Morgan fingerprint density at radius 2 is 0.812 bits per heavy atom. The summed E-state index contributed by atoms with van der Waals surface area (Å²) in [4.78, 5) is 114. The number of carboxylic acid groups (broad SMARTS) is 1. The van der Waals surface area contributed by atoms with Gasteiger partial charge in [-0.15, -0.1) is 15.8 Å². The minimum Gasteiger partial charge on any atom is -0.696 e. The van der Waals surface area contributed by atoms with Crippen molar-refractivity contribution in [2.75, 3.05) is 5.73 Å². The van der Waals surface area contributed by atoms with Crippen LogP contribution in [0.2, 0.25) is 5.02 Å². The Morgan fingerprint density at radius 3 is 1.18 bits per heavy atom. The maximum Gasteiger partial charge on any atom is 0.494 e. The second-order valence-electron chi connectivity index (χ2n) is 31.9. The normalized spacial score (nSPS) is 10.7. The van der Waals surface area contributed by atoms with Crippen molar-refractivity contribution in [3.05, 3.63) is 311 Å². The van der Waals surface area contributed by atoms with E-state index in [1.807, 2.05) is 165 Å². The van der Waals surface area contributed by atoms with Gasteiger partial charge in [-0.05, 0) is 303 Å². The van der Waals surface area contributed by atoms with E-state index < -0.39 is 44.3 Å². The molecule has 0 fully saturated rings. The molecular formula is C94H90BBrCl4N19O22PY2-2. The van der Waals surface area contributed by atoms with Crippen molar-refractivity contribution in [3.8, 4) is 55.6 Å². The van der Waals surface area contributed by atoms with E-state index in [4.69, 9.17) is 76.2 Å². The number of aromatic amines is 4. The van der Waals surface area contributed by atoms with E-state index in [0.29, 0.717) is 78.0 Å². The topological polar surface area (TPSA) is 635 Å². The zero-order valence-electron chi connectivity index (χ0n) is 80.4. The van der Waals surface area contributed by atoms with E-state index in [1.165, 1.54) is 24.5 Å². The van der Waals surface area contributed by atoms with Crippen LogP contribution in [0.1, 0.15) is 115 Å². The number of carboxylic acids is 1. The van der Waals surface area contributed by atoms with Gasteiger partial charge in [0.15, 0.2) is 16.5 Å². The monoisotopic (exact) mass is 2280 g/mol. The zero-order chi connectivity index (χ0) is 105. The first-order chi connectivity index (χ1) is 66.7. The number of rotatable bonds is 9. The number of nitrogen functional groups attached to an aromatic ring is 1. The fourth-order valence-electron chi connectivity index (χ4n) is 15.3. The van der Waals surface area contributed by atoms with E-state index in [-0.39, 0.29) is 99.1 Å². The number of aromatic nitrogens is 14. The van der Waals surface area contributed by atoms with Gasteiger partial charge in [0.2, 0.25) is 0 Å². The number of nitrogens with zero attached hydrogens (tertiary/aromatic N) is 13. The Labute approximate surface area is 894 Å². The summed E-state index contributed by atoms with van der Waals surface area (Å²) in [6.45, 7) is 35.4. The van der Waals surface area contributed by atoms with E-state index in [9.17, 15) is 48.8 Å². The molecule has 0 unspecified atom stereocenters. The summed E-state index contributed by atoms with van der Waals surface area (Å²) in [5, 5.41) is 84.9. The van der Waals surface area contributed by atoms with Gasteiger partial charge >= 0.3 is 29.7 Å². The quantitative estimate of drug-likeness (QED) is 0.0280. The van der Waals surface area contributed by atoms with Crippen molar-refractivity contribution >= 4 is 184 Å². The van der Waals surface area contributed by atoms with E-state index in [0.717, 1.165) is 184 Å². The number of aryl methyl sites for hydroxylation is 18. The number of H-pyrrole nitrogens is 4. The molecule has 0 aliphatic rings. The number of nitrogens with two attached hydrogens (primary N) is 1. The predicted molar refractivity (Wildman–Crippen MR) is 546 cm³/mol. The molecule has 6 aromatic carbocycles. The third kappa shape index (κ3) is 27.9. The first-order valence-corrected chi connectivity index (χ1v) is 47.8. The number of anilines is 1. The molecule has 144 heavy (non-hydrogen) atoms. The summed E-state index contributed by atoms with van der Waals surface area (Å²) in [7, 11) is -1.48. The number of nitro groups is 2. The minimum absolute atomic E-state index is 0. The van der Waals surface area contributed by atoms with Crippen LogP contribution >= 0.6 is 66.5 Å². The summed E-state index contributed by atoms with van der Waals surface area (Å²) in [5.74, 6) is 3.46. The zero-order valence-corrected chi connectivity index (χ0v) is 91.5. The van der Waals surface area contributed by atoms with Crippen molar-refractivity contribution in [2.24, 2.45) is 0 Å². The summed E-state index contributed by atoms with van der Waals surface area (Å²) < 4.78 is 41.3. The number of halogens is 5. The average molecular weight is 2280 g/mol. The Balaban J connectivity index is 0.000000202. The number of hydrogen-bond donors (Lipinski definition) is 9. The Morgan fingerprint density at radius 1 is 0.486 bits per heavy atom. The van der Waals surface area contributed by atoms with Crippen LogP contribution in [0.5, 0.6) is 0 Å². The van der Waals surface area contributed by atoms with Gasteiger partial charge in [-0.2, -0.15) is 0 Å². The summed E-state index contributed by atoms with van der Waals surface area (Å²) in [6.07, 6.45) is 9.01. The number of fused-ring (bicyclic) bond motifs is 8. The van der Waals surface area contributed by atoms with Crippen LogP contribution in [0, 0.1) is 155 Å². The van der Waals surface area contributed by atoms with Gasteiger partial charge in [0.1, 0.15) is 45.8 Å². The maximum atomic E-state index is 12.2. The van der Waals surface area contributed by atoms with E-state index in [1.54, 1.807) is 57.6 Å². The van der Waals surface area contributed by atoms with Crippen LogP contribution in [-0.2, 0) is 74.8 Å². The number of carbonyl (C=O) groups is 1. The van der Waals surface area contributed by atoms with Crippen molar-refractivity contribution in [3.63, 3.8) is 0 Å². The number of pyridine rings is 6. The molecule has 41 nitrogen and oxygen atoms in total. The third-order valence-electron chi connectivity index (χ3n) is 21.9. The van der Waals surface area contributed by atoms with E-state index >= 15 is 0 Å². The number of imidazole rings is 1. The predicted octanol–water partition coefficient (Wildman–Crippen LogP) is 21.7. The molecule has 0 saturated carbocycles. The summed E-state index contributed by atoms with van der Waals surface area (Å²) in [6, 6.07) is 25.8. The van der Waals surface area contributed by atoms with Gasteiger partial charge in [0, 0.05) is 179 Å². The molecule has 0 aliphatic heterocycles. The van der Waals surface area contributed by atoms with Gasteiger partial charge in [-0.25, -0.2) is 4.98 Å². The molecule has 13 aromatic heterocycles. The van der Waals surface area contributed by atoms with Crippen LogP contribution in [0.15, 0.2) is 173 Å².